The van der Waals surface area contributed by atoms with Crippen LogP contribution in [-0.4, -0.2) is 46.9 Å². The van der Waals surface area contributed by atoms with E-state index >= 15 is 0 Å². The van der Waals surface area contributed by atoms with Crippen molar-refractivity contribution in [2.24, 2.45) is 5.84 Å². The molecule has 0 fully saturated rings. The Hall–Kier alpha value is -1.67. The number of anilines is 2. The molecule has 1 unspecified atom stereocenters. The lowest BCUT2D eigenvalue weighted by Gasteiger charge is -2.23. The number of ether oxygens (including phenoxy) is 1. The van der Waals surface area contributed by atoms with E-state index in [4.69, 9.17) is 15.7 Å². The Morgan fingerprint density at radius 2 is 2.19 bits per heavy atom. The highest BCUT2D eigenvalue weighted by Crippen LogP contribution is 2.14. The summed E-state index contributed by atoms with van der Waals surface area (Å²) in [7, 11) is 3.21. The third-order valence-electron chi connectivity index (χ3n) is 2.16. The van der Waals surface area contributed by atoms with Gasteiger partial charge in [0.25, 0.3) is 0 Å². The minimum Gasteiger partial charge on any atom is -0.467 e. The van der Waals surface area contributed by atoms with Crippen LogP contribution in [0.2, 0.25) is 0 Å². The average molecular weight is 228 g/mol. The minimum atomic E-state index is -0.113. The number of nitrogens with zero attached hydrogens (tertiary/aromatic N) is 4. The quantitative estimate of drug-likeness (QED) is 0.434. The van der Waals surface area contributed by atoms with Crippen LogP contribution in [0.4, 0.5) is 11.9 Å². The van der Waals surface area contributed by atoms with E-state index in [1.54, 1.807) is 11.9 Å². The fourth-order valence-corrected chi connectivity index (χ4v) is 0.979. The average Bonchev–Trinajstić information content (AvgIpc) is 2.35. The third-order valence-corrected chi connectivity index (χ3v) is 2.16. The summed E-state index contributed by atoms with van der Waals surface area (Å²) in [4.78, 5) is 13.7. The van der Waals surface area contributed by atoms with Gasteiger partial charge in [0.1, 0.15) is 0 Å². The lowest BCUT2D eigenvalue weighted by atomic mass is 10.3. The molecule has 0 bridgehead atoms. The molecule has 0 spiro atoms. The highest BCUT2D eigenvalue weighted by molar-refractivity contribution is 5.37. The van der Waals surface area contributed by atoms with E-state index in [9.17, 15) is 0 Å². The third kappa shape index (κ3) is 2.67. The lowest BCUT2D eigenvalue weighted by Crippen LogP contribution is -2.33. The highest BCUT2D eigenvalue weighted by atomic mass is 16.5. The molecule has 1 aromatic rings. The Labute approximate surface area is 93.4 Å². The molecule has 0 aliphatic heterocycles. The zero-order valence-corrected chi connectivity index (χ0v) is 9.51. The first-order valence-electron chi connectivity index (χ1n) is 4.72. The van der Waals surface area contributed by atoms with Gasteiger partial charge in [-0.1, -0.05) is 0 Å². The van der Waals surface area contributed by atoms with Crippen LogP contribution >= 0.6 is 0 Å². The van der Waals surface area contributed by atoms with Crippen LogP contribution in [0.3, 0.4) is 0 Å². The Morgan fingerprint density at radius 1 is 1.50 bits per heavy atom. The molecular formula is C8H16N6O2. The first kappa shape index (κ1) is 12.4. The van der Waals surface area contributed by atoms with Gasteiger partial charge >= 0.3 is 6.01 Å². The van der Waals surface area contributed by atoms with Gasteiger partial charge in [-0.25, -0.2) is 5.84 Å². The zero-order chi connectivity index (χ0) is 12.1. The summed E-state index contributed by atoms with van der Waals surface area (Å²) >= 11 is 0. The number of rotatable bonds is 5. The van der Waals surface area contributed by atoms with Gasteiger partial charge in [-0.3, -0.25) is 5.43 Å². The van der Waals surface area contributed by atoms with E-state index in [1.807, 2.05) is 6.92 Å². The second kappa shape index (κ2) is 5.42. The molecule has 1 rings (SSSR count). The predicted molar refractivity (Wildman–Crippen MR) is 59.1 cm³/mol. The molecule has 90 valence electrons. The maximum absolute atomic E-state index is 9.04. The van der Waals surface area contributed by atoms with Crippen molar-refractivity contribution in [2.45, 2.75) is 13.0 Å². The van der Waals surface area contributed by atoms with Crippen molar-refractivity contribution >= 4 is 11.9 Å². The zero-order valence-electron chi connectivity index (χ0n) is 9.51. The normalized spacial score (nSPS) is 12.1. The van der Waals surface area contributed by atoms with E-state index in [1.165, 1.54) is 7.11 Å². The summed E-state index contributed by atoms with van der Waals surface area (Å²) in [5.41, 5.74) is 2.32. The van der Waals surface area contributed by atoms with Crippen LogP contribution in [0.5, 0.6) is 6.01 Å². The summed E-state index contributed by atoms with van der Waals surface area (Å²) in [6.07, 6.45) is 0. The van der Waals surface area contributed by atoms with E-state index in [2.05, 4.69) is 20.4 Å². The molecule has 1 aromatic heterocycles. The van der Waals surface area contributed by atoms with Gasteiger partial charge in [-0.2, -0.15) is 15.0 Å². The number of nitrogens with one attached hydrogen (secondary N) is 1. The number of nitrogens with two attached hydrogens (primary N) is 1. The van der Waals surface area contributed by atoms with E-state index in [-0.39, 0.29) is 24.6 Å². The largest absolute Gasteiger partial charge is 0.467 e. The summed E-state index contributed by atoms with van der Waals surface area (Å²) in [5, 5.41) is 9.04. The van der Waals surface area contributed by atoms with Gasteiger partial charge in [0.05, 0.1) is 19.8 Å². The second-order valence-corrected chi connectivity index (χ2v) is 3.23. The molecule has 0 saturated carbocycles. The first-order valence-corrected chi connectivity index (χ1v) is 4.72. The Bertz CT molecular complexity index is 325. The molecule has 0 aliphatic carbocycles. The van der Waals surface area contributed by atoms with Gasteiger partial charge in [-0.05, 0) is 6.92 Å². The molecule has 4 N–H and O–H groups in total. The fraction of sp³-hybridized carbons (Fsp3) is 0.625. The SMILES string of the molecule is COc1nc(NN)nc(N(C)C(C)CO)n1. The van der Waals surface area contributed by atoms with Crippen LogP contribution in [-0.2, 0) is 0 Å². The smallest absolute Gasteiger partial charge is 0.322 e. The summed E-state index contributed by atoms with van der Waals surface area (Å²) in [6, 6.07) is 0.0488. The molecule has 8 heteroatoms. The lowest BCUT2D eigenvalue weighted by molar-refractivity contribution is 0.269. The summed E-state index contributed by atoms with van der Waals surface area (Å²) < 4.78 is 4.91. The number of hydrogen-bond donors (Lipinski definition) is 3. The van der Waals surface area contributed by atoms with Gasteiger partial charge in [0, 0.05) is 7.05 Å². The van der Waals surface area contributed by atoms with Gasteiger partial charge in [0.2, 0.25) is 11.9 Å². The van der Waals surface area contributed by atoms with Crippen LogP contribution in [0.1, 0.15) is 6.92 Å². The van der Waals surface area contributed by atoms with Crippen molar-refractivity contribution in [3.8, 4) is 6.01 Å². The maximum atomic E-state index is 9.04. The molecular weight excluding hydrogens is 212 g/mol. The van der Waals surface area contributed by atoms with E-state index in [0.29, 0.717) is 5.95 Å². The first-order chi connectivity index (χ1) is 7.62. The molecule has 16 heavy (non-hydrogen) atoms. The number of nitrogen functional groups attached to an aromatic ring is 1. The summed E-state index contributed by atoms with van der Waals surface area (Å²) in [6.45, 7) is 1.84. The standard InChI is InChI=1S/C8H16N6O2/c1-5(4-15)14(2)7-10-6(13-9)11-8(12-7)16-3/h5,15H,4,9H2,1-3H3,(H,10,11,12,13). The molecule has 8 nitrogen and oxygen atoms in total. The van der Waals surface area contributed by atoms with Crippen molar-refractivity contribution in [2.75, 3.05) is 31.1 Å². The molecule has 0 saturated heterocycles. The molecule has 1 atom stereocenters. The number of aromatic nitrogens is 3. The van der Waals surface area contributed by atoms with Gasteiger partial charge < -0.3 is 14.7 Å². The van der Waals surface area contributed by atoms with Crippen LogP contribution < -0.4 is 20.9 Å². The number of aliphatic hydroxyl groups excluding tert-OH is 1. The van der Waals surface area contributed by atoms with Gasteiger partial charge in [0.15, 0.2) is 0 Å². The summed E-state index contributed by atoms with van der Waals surface area (Å²) in [5.74, 6) is 5.81. The van der Waals surface area contributed by atoms with Crippen LogP contribution in [0.15, 0.2) is 0 Å². The second-order valence-electron chi connectivity index (χ2n) is 3.23. The molecule has 0 aliphatic rings. The van der Waals surface area contributed by atoms with Crippen molar-refractivity contribution < 1.29 is 9.84 Å². The number of likely N-dealkylation sites (N-methyl/N-ethyl adjacent to an activating group) is 1. The Morgan fingerprint density at radius 3 is 2.69 bits per heavy atom. The van der Waals surface area contributed by atoms with Crippen molar-refractivity contribution in [1.82, 2.24) is 15.0 Å². The van der Waals surface area contributed by atoms with Crippen molar-refractivity contribution in [3.05, 3.63) is 0 Å². The van der Waals surface area contributed by atoms with Crippen LogP contribution in [0.25, 0.3) is 0 Å². The minimum absolute atomic E-state index is 0.00408. The van der Waals surface area contributed by atoms with Gasteiger partial charge in [-0.15, -0.1) is 0 Å². The Balaban J connectivity index is 3.02. The number of methoxy groups -OCH3 is 1. The molecule has 0 amide bonds. The highest BCUT2D eigenvalue weighted by Gasteiger charge is 2.14. The maximum Gasteiger partial charge on any atom is 0.322 e. The van der Waals surface area contributed by atoms with E-state index < -0.39 is 0 Å². The predicted octanol–water partition coefficient (Wildman–Crippen LogP) is -1.02. The Kier molecular flexibility index (Phi) is 4.20. The fourth-order valence-electron chi connectivity index (χ4n) is 0.979. The topological polar surface area (TPSA) is 109 Å². The van der Waals surface area contributed by atoms with Crippen molar-refractivity contribution in [3.63, 3.8) is 0 Å². The van der Waals surface area contributed by atoms with E-state index in [0.717, 1.165) is 0 Å². The monoisotopic (exact) mass is 228 g/mol. The number of hydrazine groups is 1. The number of hydrogen-bond acceptors (Lipinski definition) is 8. The molecule has 0 radical (unpaired) electrons. The van der Waals surface area contributed by atoms with Crippen LogP contribution in [0, 0.1) is 0 Å². The number of aliphatic hydroxyl groups is 1. The molecule has 1 heterocycles. The molecule has 0 aromatic carbocycles. The van der Waals surface area contributed by atoms with Crippen molar-refractivity contribution in [1.29, 1.82) is 0 Å².